The van der Waals surface area contributed by atoms with Gasteiger partial charge >= 0.3 is 12.1 Å². The number of halogens is 3. The fourth-order valence-corrected chi connectivity index (χ4v) is 3.76. The van der Waals surface area contributed by atoms with Gasteiger partial charge in [0.05, 0.1) is 15.8 Å². The van der Waals surface area contributed by atoms with Crippen LogP contribution in [-0.4, -0.2) is 16.1 Å². The lowest BCUT2D eigenvalue weighted by Gasteiger charge is -2.11. The predicted octanol–water partition coefficient (Wildman–Crippen LogP) is 6.11. The van der Waals surface area contributed by atoms with Gasteiger partial charge in [-0.25, -0.2) is 4.98 Å². The Morgan fingerprint density at radius 3 is 2.48 bits per heavy atom. The number of benzene rings is 2. The van der Waals surface area contributed by atoms with Gasteiger partial charge in [0.1, 0.15) is 5.01 Å². The zero-order valence-corrected chi connectivity index (χ0v) is 15.0. The minimum atomic E-state index is -4.47. The van der Waals surface area contributed by atoms with E-state index in [4.69, 9.17) is 5.11 Å². The monoisotopic (exact) mass is 391 g/mol. The molecule has 0 aliphatic carbocycles. The molecule has 0 saturated carbocycles. The molecule has 1 heterocycles. The molecule has 0 saturated heterocycles. The normalized spacial score (nSPS) is 12.5. The number of carbonyl (C=O) groups is 1. The third kappa shape index (κ3) is 4.74. The van der Waals surface area contributed by atoms with Crippen LogP contribution in [0.15, 0.2) is 48.5 Å². The van der Waals surface area contributed by atoms with Crippen LogP contribution < -0.4 is 0 Å². The number of carboxylic acids is 1. The van der Waals surface area contributed by atoms with Crippen molar-refractivity contribution in [3.63, 3.8) is 0 Å². The van der Waals surface area contributed by atoms with Crippen molar-refractivity contribution in [1.82, 2.24) is 4.98 Å². The average Bonchev–Trinajstić information content (AvgIpc) is 3.04. The molecule has 0 atom stereocenters. The van der Waals surface area contributed by atoms with Gasteiger partial charge in [0.25, 0.3) is 0 Å². The lowest BCUT2D eigenvalue weighted by molar-refractivity contribution is -0.138. The molecule has 0 aliphatic rings. The van der Waals surface area contributed by atoms with E-state index < -0.39 is 17.7 Å². The molecule has 0 radical (unpaired) electrons. The third-order valence-electron chi connectivity index (χ3n) is 4.00. The molecule has 27 heavy (non-hydrogen) atoms. The number of thiazole rings is 1. The average molecular weight is 391 g/mol. The van der Waals surface area contributed by atoms with Gasteiger partial charge < -0.3 is 5.11 Å². The molecule has 0 fully saturated rings. The molecular weight excluding hydrogens is 375 g/mol. The van der Waals surface area contributed by atoms with E-state index in [-0.39, 0.29) is 12.0 Å². The molecule has 0 amide bonds. The topological polar surface area (TPSA) is 50.2 Å². The highest BCUT2D eigenvalue weighted by Crippen LogP contribution is 2.36. The molecule has 2 aromatic carbocycles. The number of hydrogen-bond acceptors (Lipinski definition) is 3. The van der Waals surface area contributed by atoms with Gasteiger partial charge in [-0.3, -0.25) is 4.79 Å². The van der Waals surface area contributed by atoms with Gasteiger partial charge in [0, 0.05) is 6.42 Å². The summed E-state index contributed by atoms with van der Waals surface area (Å²) < 4.78 is 40.9. The van der Waals surface area contributed by atoms with Gasteiger partial charge in [0.15, 0.2) is 0 Å². The van der Waals surface area contributed by atoms with Gasteiger partial charge in [-0.05, 0) is 48.3 Å². The van der Waals surface area contributed by atoms with Crippen LogP contribution in [0, 0.1) is 0 Å². The molecule has 0 aliphatic heterocycles. The molecule has 7 heteroatoms. The van der Waals surface area contributed by atoms with Gasteiger partial charge in [-0.2, -0.15) is 13.2 Å². The molecule has 3 rings (SSSR count). The Labute approximate surface area is 157 Å². The van der Waals surface area contributed by atoms with E-state index in [1.54, 1.807) is 6.07 Å². The number of para-hydroxylation sites is 1. The van der Waals surface area contributed by atoms with Gasteiger partial charge in [-0.15, -0.1) is 11.3 Å². The number of allylic oxidation sites excluding steroid dienone is 1. The third-order valence-corrected chi connectivity index (χ3v) is 5.11. The standard InChI is InChI=1S/C20H16F3NO2S/c21-20(22,23)15-8-2-1-6-13(15)12-14(7-5-11-18(25)26)19-24-16-9-3-4-10-17(16)27-19/h1-4,6,8-10,12H,5,7,11H2,(H,25,26)/b14-12+. The van der Waals surface area contributed by atoms with Crippen LogP contribution in [0.4, 0.5) is 13.2 Å². The summed E-state index contributed by atoms with van der Waals surface area (Å²) in [6.07, 6.45) is -2.39. The number of rotatable bonds is 6. The van der Waals surface area contributed by atoms with Crippen molar-refractivity contribution in [2.75, 3.05) is 0 Å². The van der Waals surface area contributed by atoms with Crippen molar-refractivity contribution in [3.8, 4) is 0 Å². The Morgan fingerprint density at radius 1 is 1.07 bits per heavy atom. The molecule has 0 unspecified atom stereocenters. The van der Waals surface area contributed by atoms with Crippen molar-refractivity contribution in [3.05, 3.63) is 64.7 Å². The molecule has 3 nitrogen and oxygen atoms in total. The van der Waals surface area contributed by atoms with Crippen LogP contribution in [0.25, 0.3) is 21.9 Å². The maximum absolute atomic E-state index is 13.3. The second-order valence-electron chi connectivity index (χ2n) is 5.99. The van der Waals surface area contributed by atoms with E-state index in [0.717, 1.165) is 16.3 Å². The minimum Gasteiger partial charge on any atom is -0.481 e. The molecule has 1 aromatic heterocycles. The number of aromatic nitrogens is 1. The molecule has 3 aromatic rings. The van der Waals surface area contributed by atoms with E-state index in [0.29, 0.717) is 23.4 Å². The van der Waals surface area contributed by atoms with Gasteiger partial charge in [0.2, 0.25) is 0 Å². The Balaban J connectivity index is 2.04. The molecule has 0 bridgehead atoms. The first-order valence-corrected chi connectivity index (χ1v) is 9.11. The number of aliphatic carboxylic acids is 1. The second-order valence-corrected chi connectivity index (χ2v) is 7.02. The zero-order valence-electron chi connectivity index (χ0n) is 14.2. The first kappa shape index (κ1) is 19.1. The van der Waals surface area contributed by atoms with Gasteiger partial charge in [-0.1, -0.05) is 30.3 Å². The fourth-order valence-electron chi connectivity index (χ4n) is 2.75. The quantitative estimate of drug-likeness (QED) is 0.551. The Bertz CT molecular complexity index is 959. The SMILES string of the molecule is O=C(O)CCC/C(=C\c1ccccc1C(F)(F)F)c1nc2ccccc2s1. The first-order chi connectivity index (χ1) is 12.8. The van der Waals surface area contributed by atoms with Crippen molar-refractivity contribution < 1.29 is 23.1 Å². The Hall–Kier alpha value is -2.67. The van der Waals surface area contributed by atoms with Crippen LogP contribution in [0.5, 0.6) is 0 Å². The predicted molar refractivity (Wildman–Crippen MR) is 100 cm³/mol. The Morgan fingerprint density at radius 2 is 1.78 bits per heavy atom. The molecule has 1 N–H and O–H groups in total. The summed E-state index contributed by atoms with van der Waals surface area (Å²) in [6, 6.07) is 12.8. The van der Waals surface area contributed by atoms with Crippen molar-refractivity contribution in [2.24, 2.45) is 0 Å². The van der Waals surface area contributed by atoms with Crippen LogP contribution in [-0.2, 0) is 11.0 Å². The van der Waals surface area contributed by atoms with Crippen LogP contribution >= 0.6 is 11.3 Å². The largest absolute Gasteiger partial charge is 0.481 e. The summed E-state index contributed by atoms with van der Waals surface area (Å²) >= 11 is 1.39. The first-order valence-electron chi connectivity index (χ1n) is 8.29. The summed E-state index contributed by atoms with van der Waals surface area (Å²) in [5.41, 5.74) is 0.705. The Kier molecular flexibility index (Phi) is 5.60. The number of fused-ring (bicyclic) bond motifs is 1. The van der Waals surface area contributed by atoms with E-state index in [1.165, 1.54) is 29.5 Å². The smallest absolute Gasteiger partial charge is 0.416 e. The van der Waals surface area contributed by atoms with Crippen molar-refractivity contribution in [2.45, 2.75) is 25.4 Å². The zero-order chi connectivity index (χ0) is 19.4. The van der Waals surface area contributed by atoms with Crippen molar-refractivity contribution >= 4 is 39.2 Å². The molecular formula is C20H16F3NO2S. The van der Waals surface area contributed by atoms with E-state index in [1.807, 2.05) is 24.3 Å². The van der Waals surface area contributed by atoms with Crippen LogP contribution in [0.2, 0.25) is 0 Å². The lowest BCUT2D eigenvalue weighted by Crippen LogP contribution is -2.07. The summed E-state index contributed by atoms with van der Waals surface area (Å²) in [7, 11) is 0. The highest BCUT2D eigenvalue weighted by atomic mass is 32.1. The maximum atomic E-state index is 13.3. The summed E-state index contributed by atoms with van der Waals surface area (Å²) in [6.45, 7) is 0. The molecule has 0 spiro atoms. The molecule has 140 valence electrons. The van der Waals surface area contributed by atoms with Crippen molar-refractivity contribution in [1.29, 1.82) is 0 Å². The van der Waals surface area contributed by atoms with Crippen LogP contribution in [0.3, 0.4) is 0 Å². The highest BCUT2D eigenvalue weighted by molar-refractivity contribution is 7.19. The number of hydrogen-bond donors (Lipinski definition) is 1. The fraction of sp³-hybridized carbons (Fsp3) is 0.200. The number of carboxylic acid groups (broad SMARTS) is 1. The second kappa shape index (κ2) is 7.92. The number of alkyl halides is 3. The lowest BCUT2D eigenvalue weighted by atomic mass is 10.0. The number of nitrogens with zero attached hydrogens (tertiary/aromatic N) is 1. The summed E-state index contributed by atoms with van der Waals surface area (Å²) in [5, 5.41) is 9.48. The summed E-state index contributed by atoms with van der Waals surface area (Å²) in [5.74, 6) is -0.936. The minimum absolute atomic E-state index is 0.0505. The van der Waals surface area contributed by atoms with Crippen LogP contribution in [0.1, 0.15) is 35.4 Å². The van der Waals surface area contributed by atoms with E-state index in [2.05, 4.69) is 4.98 Å². The highest BCUT2D eigenvalue weighted by Gasteiger charge is 2.32. The van der Waals surface area contributed by atoms with E-state index in [9.17, 15) is 18.0 Å². The van der Waals surface area contributed by atoms with E-state index >= 15 is 0 Å². The maximum Gasteiger partial charge on any atom is 0.416 e. The summed E-state index contributed by atoms with van der Waals surface area (Å²) in [4.78, 5) is 15.3.